The van der Waals surface area contributed by atoms with Crippen LogP contribution in [-0.4, -0.2) is 21.2 Å². The molecule has 0 bridgehead atoms. The number of aromatic nitrogens is 2. The van der Waals surface area contributed by atoms with Crippen LogP contribution in [0.2, 0.25) is 0 Å². The first kappa shape index (κ1) is 14.5. The van der Waals surface area contributed by atoms with Crippen molar-refractivity contribution in [2.75, 3.05) is 0 Å². The molecular weight excluding hydrogens is 292 g/mol. The number of pyridine rings is 1. The Morgan fingerprint density at radius 3 is 2.70 bits per heavy atom. The van der Waals surface area contributed by atoms with Crippen LogP contribution in [0, 0.1) is 18.8 Å². The summed E-state index contributed by atoms with van der Waals surface area (Å²) in [6.45, 7) is 1.78. The maximum absolute atomic E-state index is 11.0. The van der Waals surface area contributed by atoms with Crippen molar-refractivity contribution < 1.29 is 14.4 Å². The van der Waals surface area contributed by atoms with E-state index in [1.165, 1.54) is 18.3 Å². The Kier molecular flexibility index (Phi) is 3.89. The summed E-state index contributed by atoms with van der Waals surface area (Å²) in [5.41, 5.74) is 2.75. The quantitative estimate of drug-likeness (QED) is 0.736. The molecule has 5 nitrogen and oxygen atoms in total. The number of hydrogen-bond donors (Lipinski definition) is 1. The Bertz CT molecular complexity index is 918. The van der Waals surface area contributed by atoms with Crippen LogP contribution >= 0.6 is 0 Å². The zero-order valence-corrected chi connectivity index (χ0v) is 12.3. The highest BCUT2D eigenvalue weighted by Gasteiger charge is 2.12. The third-order valence-corrected chi connectivity index (χ3v) is 3.23. The van der Waals surface area contributed by atoms with Crippen molar-refractivity contribution in [3.63, 3.8) is 0 Å². The lowest BCUT2D eigenvalue weighted by Gasteiger charge is -1.96. The molecule has 5 heteroatoms. The van der Waals surface area contributed by atoms with Crippen molar-refractivity contribution in [1.29, 1.82) is 0 Å². The topological polar surface area (TPSA) is 76.2 Å². The number of benzene rings is 1. The van der Waals surface area contributed by atoms with Gasteiger partial charge in [-0.2, -0.15) is 0 Å². The SMILES string of the molecule is Cc1onc(-c2ccccc2)c1C#Cc1cc(C(=O)O)ccn1. The maximum atomic E-state index is 11.0. The molecule has 0 saturated heterocycles. The van der Waals surface area contributed by atoms with Gasteiger partial charge in [-0.05, 0) is 25.0 Å². The zero-order chi connectivity index (χ0) is 16.2. The highest BCUT2D eigenvalue weighted by Crippen LogP contribution is 2.24. The molecule has 0 aliphatic rings. The Morgan fingerprint density at radius 1 is 1.17 bits per heavy atom. The van der Waals surface area contributed by atoms with E-state index in [2.05, 4.69) is 22.0 Å². The summed E-state index contributed by atoms with van der Waals surface area (Å²) in [5.74, 6) is 5.44. The lowest BCUT2D eigenvalue weighted by molar-refractivity contribution is 0.0696. The Balaban J connectivity index is 2.01. The average molecular weight is 304 g/mol. The predicted molar refractivity (Wildman–Crippen MR) is 83.9 cm³/mol. The van der Waals surface area contributed by atoms with Crippen LogP contribution in [0.5, 0.6) is 0 Å². The van der Waals surface area contributed by atoms with Crippen molar-refractivity contribution in [2.24, 2.45) is 0 Å². The zero-order valence-electron chi connectivity index (χ0n) is 12.3. The molecule has 0 radical (unpaired) electrons. The van der Waals surface area contributed by atoms with Crippen LogP contribution in [0.1, 0.15) is 27.4 Å². The van der Waals surface area contributed by atoms with E-state index in [9.17, 15) is 4.79 Å². The van der Waals surface area contributed by atoms with Crippen molar-refractivity contribution in [3.05, 3.63) is 71.2 Å². The van der Waals surface area contributed by atoms with Crippen LogP contribution in [0.25, 0.3) is 11.3 Å². The van der Waals surface area contributed by atoms with Gasteiger partial charge >= 0.3 is 5.97 Å². The summed E-state index contributed by atoms with van der Waals surface area (Å²) in [4.78, 5) is 15.0. The molecule has 0 saturated carbocycles. The van der Waals surface area contributed by atoms with Crippen molar-refractivity contribution in [3.8, 4) is 23.1 Å². The molecular formula is C18H12N2O3. The van der Waals surface area contributed by atoms with Gasteiger partial charge < -0.3 is 9.63 Å². The lowest BCUT2D eigenvalue weighted by Crippen LogP contribution is -1.97. The van der Waals surface area contributed by atoms with E-state index in [1.807, 2.05) is 30.3 Å². The van der Waals surface area contributed by atoms with E-state index in [0.29, 0.717) is 22.7 Å². The second-order valence-corrected chi connectivity index (χ2v) is 4.81. The molecule has 0 unspecified atom stereocenters. The molecule has 3 aromatic rings. The first-order valence-corrected chi connectivity index (χ1v) is 6.88. The first-order valence-electron chi connectivity index (χ1n) is 6.88. The lowest BCUT2D eigenvalue weighted by atomic mass is 10.1. The van der Waals surface area contributed by atoms with Gasteiger partial charge in [0.15, 0.2) is 0 Å². The summed E-state index contributed by atoms with van der Waals surface area (Å²) in [7, 11) is 0. The Morgan fingerprint density at radius 2 is 1.96 bits per heavy atom. The fourth-order valence-corrected chi connectivity index (χ4v) is 2.07. The van der Waals surface area contributed by atoms with Crippen LogP contribution in [0.4, 0.5) is 0 Å². The molecule has 23 heavy (non-hydrogen) atoms. The minimum absolute atomic E-state index is 0.148. The smallest absolute Gasteiger partial charge is 0.335 e. The third kappa shape index (κ3) is 3.11. The van der Waals surface area contributed by atoms with Crippen molar-refractivity contribution in [2.45, 2.75) is 6.92 Å². The molecule has 0 amide bonds. The largest absolute Gasteiger partial charge is 0.478 e. The Hall–Kier alpha value is -3.39. The van der Waals surface area contributed by atoms with Gasteiger partial charge in [0.25, 0.3) is 0 Å². The third-order valence-electron chi connectivity index (χ3n) is 3.23. The van der Waals surface area contributed by atoms with Gasteiger partial charge in [0, 0.05) is 11.8 Å². The minimum Gasteiger partial charge on any atom is -0.478 e. The van der Waals surface area contributed by atoms with Gasteiger partial charge in [0.1, 0.15) is 17.1 Å². The monoisotopic (exact) mass is 304 g/mol. The van der Waals surface area contributed by atoms with Gasteiger partial charge in [-0.3, -0.25) is 0 Å². The second kappa shape index (κ2) is 6.16. The summed E-state index contributed by atoms with van der Waals surface area (Å²) >= 11 is 0. The number of carboxylic acid groups (broad SMARTS) is 1. The Labute approximate surface area is 132 Å². The number of carboxylic acids is 1. The average Bonchev–Trinajstić information content (AvgIpc) is 2.95. The highest BCUT2D eigenvalue weighted by molar-refractivity contribution is 5.87. The fraction of sp³-hybridized carbons (Fsp3) is 0.0556. The number of aryl methyl sites for hydroxylation is 1. The molecule has 0 aliphatic carbocycles. The molecule has 0 spiro atoms. The molecule has 2 heterocycles. The summed E-state index contributed by atoms with van der Waals surface area (Å²) in [6.07, 6.45) is 1.42. The van der Waals surface area contributed by atoms with Crippen LogP contribution in [-0.2, 0) is 0 Å². The van der Waals surface area contributed by atoms with Gasteiger partial charge in [-0.1, -0.05) is 41.4 Å². The van der Waals surface area contributed by atoms with E-state index in [4.69, 9.17) is 9.63 Å². The second-order valence-electron chi connectivity index (χ2n) is 4.81. The maximum Gasteiger partial charge on any atom is 0.335 e. The number of hydrogen-bond acceptors (Lipinski definition) is 4. The molecule has 1 aromatic carbocycles. The molecule has 0 fully saturated rings. The first-order chi connectivity index (χ1) is 11.1. The standard InChI is InChI=1S/C18H12N2O3/c1-12-16(17(20-23-12)13-5-3-2-4-6-13)8-7-15-11-14(18(21)22)9-10-19-15/h2-6,9-11H,1H3,(H,21,22). The van der Waals surface area contributed by atoms with E-state index >= 15 is 0 Å². The van der Waals surface area contributed by atoms with E-state index in [1.54, 1.807) is 6.92 Å². The van der Waals surface area contributed by atoms with E-state index in [-0.39, 0.29) is 5.56 Å². The summed E-state index contributed by atoms with van der Waals surface area (Å²) in [6, 6.07) is 12.4. The van der Waals surface area contributed by atoms with E-state index in [0.717, 1.165) is 5.56 Å². The molecule has 0 atom stereocenters. The molecule has 1 N–H and O–H groups in total. The molecule has 112 valence electrons. The van der Waals surface area contributed by atoms with E-state index < -0.39 is 5.97 Å². The van der Waals surface area contributed by atoms with Crippen LogP contribution in [0.15, 0.2) is 53.2 Å². The minimum atomic E-state index is -1.01. The number of rotatable bonds is 2. The van der Waals surface area contributed by atoms with Crippen LogP contribution < -0.4 is 0 Å². The normalized spacial score (nSPS) is 9.96. The number of carbonyl (C=O) groups is 1. The van der Waals surface area contributed by atoms with Gasteiger partial charge in [0.2, 0.25) is 0 Å². The molecule has 0 aliphatic heterocycles. The van der Waals surface area contributed by atoms with Crippen LogP contribution in [0.3, 0.4) is 0 Å². The summed E-state index contributed by atoms with van der Waals surface area (Å²) < 4.78 is 5.23. The van der Waals surface area contributed by atoms with Gasteiger partial charge in [-0.25, -0.2) is 9.78 Å². The van der Waals surface area contributed by atoms with Crippen molar-refractivity contribution >= 4 is 5.97 Å². The molecule has 2 aromatic heterocycles. The summed E-state index contributed by atoms with van der Waals surface area (Å²) in [5, 5.41) is 13.0. The fourth-order valence-electron chi connectivity index (χ4n) is 2.07. The predicted octanol–water partition coefficient (Wildman–Crippen LogP) is 3.14. The molecule has 3 rings (SSSR count). The number of nitrogens with zero attached hydrogens (tertiary/aromatic N) is 2. The van der Waals surface area contributed by atoms with Gasteiger partial charge in [-0.15, -0.1) is 0 Å². The number of aromatic carboxylic acids is 1. The van der Waals surface area contributed by atoms with Gasteiger partial charge in [0.05, 0.1) is 11.1 Å². The van der Waals surface area contributed by atoms with Crippen molar-refractivity contribution in [1.82, 2.24) is 10.1 Å². The highest BCUT2D eigenvalue weighted by atomic mass is 16.5.